The van der Waals surface area contributed by atoms with Gasteiger partial charge in [0, 0.05) is 18.3 Å². The summed E-state index contributed by atoms with van der Waals surface area (Å²) in [7, 11) is 3.20. The van der Waals surface area contributed by atoms with Crippen molar-refractivity contribution in [3.05, 3.63) is 29.4 Å². The summed E-state index contributed by atoms with van der Waals surface area (Å²) in [4.78, 5) is 4.21. The largest absolute Gasteiger partial charge is 0.497 e. The number of halogens is 1. The van der Waals surface area contributed by atoms with Gasteiger partial charge in [0.1, 0.15) is 11.5 Å². The van der Waals surface area contributed by atoms with Crippen LogP contribution in [-0.4, -0.2) is 19.2 Å². The van der Waals surface area contributed by atoms with E-state index in [9.17, 15) is 0 Å². The highest BCUT2D eigenvalue weighted by molar-refractivity contribution is 6.35. The highest BCUT2D eigenvalue weighted by Gasteiger charge is 2.08. The molecule has 0 aliphatic carbocycles. The first kappa shape index (κ1) is 10.1. The molecule has 0 atom stereocenters. The first-order valence-electron chi connectivity index (χ1n) is 4.42. The number of hydrogen-bond donors (Lipinski definition) is 0. The predicted octanol–water partition coefficient (Wildman–Crippen LogP) is 2.91. The lowest BCUT2D eigenvalue weighted by Crippen LogP contribution is -1.90. The van der Waals surface area contributed by atoms with E-state index in [1.54, 1.807) is 32.5 Å². The smallest absolute Gasteiger partial charge is 0.133 e. The topological polar surface area (TPSA) is 31.4 Å². The van der Waals surface area contributed by atoms with Gasteiger partial charge in [-0.25, -0.2) is 0 Å². The number of aromatic nitrogens is 1. The maximum Gasteiger partial charge on any atom is 0.133 e. The molecule has 0 aliphatic heterocycles. The third kappa shape index (κ3) is 1.70. The lowest BCUT2D eigenvalue weighted by Gasteiger charge is -2.08. The minimum absolute atomic E-state index is 0.625. The van der Waals surface area contributed by atoms with E-state index in [1.807, 2.05) is 6.07 Å². The van der Waals surface area contributed by atoms with Gasteiger partial charge in [-0.1, -0.05) is 11.6 Å². The van der Waals surface area contributed by atoms with Crippen molar-refractivity contribution in [2.75, 3.05) is 14.2 Å². The number of benzene rings is 1. The predicted molar refractivity (Wildman–Crippen MR) is 59.9 cm³/mol. The fourth-order valence-corrected chi connectivity index (χ4v) is 1.71. The lowest BCUT2D eigenvalue weighted by molar-refractivity contribution is 0.398. The minimum atomic E-state index is 0.625. The molecule has 1 aromatic carbocycles. The van der Waals surface area contributed by atoms with Crippen LogP contribution in [-0.2, 0) is 0 Å². The zero-order chi connectivity index (χ0) is 10.8. The molecule has 0 saturated heterocycles. The first-order chi connectivity index (χ1) is 7.26. The van der Waals surface area contributed by atoms with Gasteiger partial charge in [0.25, 0.3) is 0 Å². The van der Waals surface area contributed by atoms with E-state index in [-0.39, 0.29) is 0 Å². The van der Waals surface area contributed by atoms with Crippen molar-refractivity contribution in [1.82, 2.24) is 4.98 Å². The van der Waals surface area contributed by atoms with Crippen molar-refractivity contribution in [3.8, 4) is 11.5 Å². The highest BCUT2D eigenvalue weighted by atomic mass is 35.5. The van der Waals surface area contributed by atoms with Gasteiger partial charge < -0.3 is 9.47 Å². The molecule has 0 spiro atoms. The summed E-state index contributed by atoms with van der Waals surface area (Å²) in [5.41, 5.74) is 0.763. The Kier molecular flexibility index (Phi) is 2.64. The van der Waals surface area contributed by atoms with Gasteiger partial charge in [-0.15, -0.1) is 0 Å². The van der Waals surface area contributed by atoms with Gasteiger partial charge in [-0.05, 0) is 6.07 Å². The van der Waals surface area contributed by atoms with Gasteiger partial charge in [-0.2, -0.15) is 0 Å². The number of nitrogens with zero attached hydrogens (tertiary/aromatic N) is 1. The van der Waals surface area contributed by atoms with Crippen LogP contribution in [0.4, 0.5) is 0 Å². The van der Waals surface area contributed by atoms with Crippen molar-refractivity contribution in [2.45, 2.75) is 0 Å². The van der Waals surface area contributed by atoms with E-state index in [4.69, 9.17) is 21.1 Å². The molecule has 0 radical (unpaired) electrons. The van der Waals surface area contributed by atoms with Crippen LogP contribution in [0.25, 0.3) is 10.9 Å². The molecule has 2 aromatic rings. The fourth-order valence-electron chi connectivity index (χ4n) is 1.46. The van der Waals surface area contributed by atoms with Crippen LogP contribution in [0.15, 0.2) is 24.4 Å². The SMILES string of the molecule is COc1cc(OC)c2c(Cl)ccnc2c1. The molecule has 0 unspecified atom stereocenters. The Morgan fingerprint density at radius 2 is 2.00 bits per heavy atom. The summed E-state index contributed by atoms with van der Waals surface area (Å²) in [6, 6.07) is 5.35. The third-order valence-electron chi connectivity index (χ3n) is 2.18. The maximum atomic E-state index is 6.08. The van der Waals surface area contributed by atoms with Crippen LogP contribution in [0.3, 0.4) is 0 Å². The second-order valence-corrected chi connectivity index (χ2v) is 3.42. The Balaban J connectivity index is 2.81. The molecule has 3 nitrogen and oxygen atoms in total. The molecule has 0 bridgehead atoms. The number of methoxy groups -OCH3 is 2. The number of fused-ring (bicyclic) bond motifs is 1. The summed E-state index contributed by atoms with van der Waals surface area (Å²) in [5, 5.41) is 1.43. The lowest BCUT2D eigenvalue weighted by atomic mass is 10.2. The average molecular weight is 224 g/mol. The molecule has 78 valence electrons. The molecule has 4 heteroatoms. The standard InChI is InChI=1S/C11H10ClNO2/c1-14-7-5-9-11(10(6-7)15-2)8(12)3-4-13-9/h3-6H,1-2H3. The zero-order valence-corrected chi connectivity index (χ0v) is 9.21. The molecule has 2 rings (SSSR count). The molecule has 0 saturated carbocycles. The van der Waals surface area contributed by atoms with E-state index in [0.717, 1.165) is 10.9 Å². The number of rotatable bonds is 2. The highest BCUT2D eigenvalue weighted by Crippen LogP contribution is 2.34. The second kappa shape index (κ2) is 3.95. The summed E-state index contributed by atoms with van der Waals surface area (Å²) >= 11 is 6.08. The van der Waals surface area contributed by atoms with Crippen LogP contribution in [0, 0.1) is 0 Å². The Labute approximate surface area is 92.6 Å². The normalized spacial score (nSPS) is 10.3. The van der Waals surface area contributed by atoms with Gasteiger partial charge in [0.2, 0.25) is 0 Å². The Bertz CT molecular complexity index is 499. The molecule has 0 N–H and O–H groups in total. The molecule has 0 fully saturated rings. The van der Waals surface area contributed by atoms with E-state index in [1.165, 1.54) is 0 Å². The monoisotopic (exact) mass is 223 g/mol. The summed E-state index contributed by atoms with van der Waals surface area (Å²) < 4.78 is 10.4. The minimum Gasteiger partial charge on any atom is -0.497 e. The van der Waals surface area contributed by atoms with Crippen molar-refractivity contribution < 1.29 is 9.47 Å². The molecule has 1 heterocycles. The molecule has 0 aliphatic rings. The van der Waals surface area contributed by atoms with Gasteiger partial charge in [0.15, 0.2) is 0 Å². The molecule has 15 heavy (non-hydrogen) atoms. The Morgan fingerprint density at radius 3 is 2.67 bits per heavy atom. The van der Waals surface area contributed by atoms with Crippen molar-refractivity contribution in [3.63, 3.8) is 0 Å². The van der Waals surface area contributed by atoms with E-state index in [2.05, 4.69) is 4.98 Å². The third-order valence-corrected chi connectivity index (χ3v) is 2.50. The first-order valence-corrected chi connectivity index (χ1v) is 4.80. The fraction of sp³-hybridized carbons (Fsp3) is 0.182. The second-order valence-electron chi connectivity index (χ2n) is 3.02. The van der Waals surface area contributed by atoms with Crippen LogP contribution in [0.2, 0.25) is 5.02 Å². The summed E-state index contributed by atoms with van der Waals surface area (Å²) in [6.45, 7) is 0. The van der Waals surface area contributed by atoms with Gasteiger partial charge in [0.05, 0.1) is 30.1 Å². The van der Waals surface area contributed by atoms with Crippen molar-refractivity contribution in [1.29, 1.82) is 0 Å². The van der Waals surface area contributed by atoms with Crippen LogP contribution in [0.1, 0.15) is 0 Å². The number of hydrogen-bond acceptors (Lipinski definition) is 3. The quantitative estimate of drug-likeness (QED) is 0.785. The number of ether oxygens (including phenoxy) is 2. The Hall–Kier alpha value is -1.48. The van der Waals surface area contributed by atoms with Crippen LogP contribution >= 0.6 is 11.6 Å². The number of pyridine rings is 1. The molecular formula is C11H10ClNO2. The van der Waals surface area contributed by atoms with E-state index < -0.39 is 0 Å². The molecular weight excluding hydrogens is 214 g/mol. The van der Waals surface area contributed by atoms with Crippen molar-refractivity contribution in [2.24, 2.45) is 0 Å². The van der Waals surface area contributed by atoms with E-state index >= 15 is 0 Å². The maximum absolute atomic E-state index is 6.08. The van der Waals surface area contributed by atoms with Crippen LogP contribution in [0.5, 0.6) is 11.5 Å². The Morgan fingerprint density at radius 1 is 1.20 bits per heavy atom. The molecule has 1 aromatic heterocycles. The molecule has 0 amide bonds. The average Bonchev–Trinajstić information content (AvgIpc) is 2.27. The van der Waals surface area contributed by atoms with Gasteiger partial charge >= 0.3 is 0 Å². The zero-order valence-electron chi connectivity index (χ0n) is 8.45. The van der Waals surface area contributed by atoms with Crippen molar-refractivity contribution >= 4 is 22.5 Å². The summed E-state index contributed by atoms with van der Waals surface area (Å²) in [5.74, 6) is 1.37. The van der Waals surface area contributed by atoms with E-state index in [0.29, 0.717) is 16.5 Å². The summed E-state index contributed by atoms with van der Waals surface area (Å²) in [6.07, 6.45) is 1.66. The van der Waals surface area contributed by atoms with Gasteiger partial charge in [-0.3, -0.25) is 4.98 Å². The van der Waals surface area contributed by atoms with Crippen LogP contribution < -0.4 is 9.47 Å².